The van der Waals surface area contributed by atoms with Gasteiger partial charge in [0.15, 0.2) is 5.13 Å². The van der Waals surface area contributed by atoms with Crippen molar-refractivity contribution in [2.45, 2.75) is 25.5 Å². The van der Waals surface area contributed by atoms with Crippen LogP contribution in [0.3, 0.4) is 0 Å². The fourth-order valence-electron chi connectivity index (χ4n) is 4.99. The molecular formula is C30H23ClN2O5S. The lowest BCUT2D eigenvalue weighted by Gasteiger charge is -2.23. The summed E-state index contributed by atoms with van der Waals surface area (Å²) < 4.78 is 12.3. The van der Waals surface area contributed by atoms with Gasteiger partial charge in [-0.3, -0.25) is 14.5 Å². The second-order valence-corrected chi connectivity index (χ2v) is 10.9. The predicted octanol–water partition coefficient (Wildman–Crippen LogP) is 6.46. The molecule has 0 bridgehead atoms. The van der Waals surface area contributed by atoms with Crippen molar-refractivity contribution in [1.29, 1.82) is 0 Å². The van der Waals surface area contributed by atoms with Gasteiger partial charge in [0.1, 0.15) is 30.0 Å². The van der Waals surface area contributed by atoms with Crippen LogP contribution in [0.5, 0.6) is 11.5 Å². The second-order valence-electron chi connectivity index (χ2n) is 9.40. The first-order chi connectivity index (χ1) is 18.8. The van der Waals surface area contributed by atoms with Gasteiger partial charge < -0.3 is 14.6 Å². The minimum Gasteiger partial charge on any atom is -0.507 e. The van der Waals surface area contributed by atoms with E-state index in [1.54, 1.807) is 60.7 Å². The third kappa shape index (κ3) is 4.45. The third-order valence-corrected chi connectivity index (χ3v) is 7.95. The number of anilines is 1. The van der Waals surface area contributed by atoms with Crippen LogP contribution in [0.1, 0.15) is 29.7 Å². The highest BCUT2D eigenvalue weighted by Gasteiger charge is 2.48. The van der Waals surface area contributed by atoms with E-state index in [9.17, 15) is 14.7 Å². The van der Waals surface area contributed by atoms with E-state index in [2.05, 4.69) is 11.6 Å². The van der Waals surface area contributed by atoms with Crippen molar-refractivity contribution in [2.75, 3.05) is 11.5 Å². The molecule has 0 saturated carbocycles. The Balaban J connectivity index is 1.53. The number of amides is 1. The number of thiazole rings is 1. The van der Waals surface area contributed by atoms with Crippen molar-refractivity contribution in [3.05, 3.63) is 101 Å². The van der Waals surface area contributed by atoms with Gasteiger partial charge in [0.25, 0.3) is 5.78 Å². The number of aromatic nitrogens is 1. The standard InChI is InChI=1S/C30H23ClN2O5S/c1-3-11-37-21-6-4-5-17(14-21)26-25(27(34)18-7-10-23-19(13-18)12-16(2)38-23)28(35)29(36)33(26)30-32-22-9-8-20(31)15-24(22)39-30/h3-10,13-16,26,34H,1,11-12H2,2H3/b27-25+/t16-,26-/m0/s1. The first kappa shape index (κ1) is 25.2. The summed E-state index contributed by atoms with van der Waals surface area (Å²) in [6, 6.07) is 16.7. The van der Waals surface area contributed by atoms with E-state index in [4.69, 9.17) is 21.1 Å². The van der Waals surface area contributed by atoms with E-state index in [0.29, 0.717) is 39.0 Å². The summed E-state index contributed by atoms with van der Waals surface area (Å²) in [5.74, 6) is -0.543. The number of Topliss-reactive ketones (excluding diaryl/α,β-unsaturated/α-hetero) is 1. The summed E-state index contributed by atoms with van der Waals surface area (Å²) in [6.45, 7) is 5.94. The van der Waals surface area contributed by atoms with Gasteiger partial charge in [0.2, 0.25) is 0 Å². The fraction of sp³-hybridized carbons (Fsp3) is 0.167. The molecule has 1 N–H and O–H groups in total. The first-order valence-corrected chi connectivity index (χ1v) is 13.5. The number of nitrogens with zero attached hydrogens (tertiary/aromatic N) is 2. The van der Waals surface area contributed by atoms with Gasteiger partial charge in [0.05, 0.1) is 21.8 Å². The normalized spacial score (nSPS) is 19.8. The highest BCUT2D eigenvalue weighted by molar-refractivity contribution is 7.22. The average molecular weight is 559 g/mol. The van der Waals surface area contributed by atoms with E-state index in [1.165, 1.54) is 16.2 Å². The zero-order chi connectivity index (χ0) is 27.3. The summed E-state index contributed by atoms with van der Waals surface area (Å²) in [5, 5.41) is 12.4. The molecule has 1 amide bonds. The molecule has 1 aromatic heterocycles. The summed E-state index contributed by atoms with van der Waals surface area (Å²) in [5.41, 5.74) is 2.58. The molecule has 2 atom stereocenters. The van der Waals surface area contributed by atoms with Crippen molar-refractivity contribution >= 4 is 55.7 Å². The number of ketones is 1. The summed E-state index contributed by atoms with van der Waals surface area (Å²) >= 11 is 7.43. The topological polar surface area (TPSA) is 89.0 Å². The molecule has 9 heteroatoms. The van der Waals surface area contributed by atoms with Crippen LogP contribution < -0.4 is 14.4 Å². The van der Waals surface area contributed by atoms with Crippen molar-refractivity contribution < 1.29 is 24.2 Å². The molecule has 2 aliphatic heterocycles. The third-order valence-electron chi connectivity index (χ3n) is 6.70. The Morgan fingerprint density at radius 1 is 1.23 bits per heavy atom. The van der Waals surface area contributed by atoms with Gasteiger partial charge in [-0.05, 0) is 66.6 Å². The maximum atomic E-state index is 13.6. The molecule has 1 saturated heterocycles. The molecule has 0 radical (unpaired) electrons. The van der Waals surface area contributed by atoms with Gasteiger partial charge in [-0.1, -0.05) is 47.7 Å². The number of fused-ring (bicyclic) bond motifs is 2. The number of hydrogen-bond acceptors (Lipinski definition) is 7. The van der Waals surface area contributed by atoms with E-state index in [-0.39, 0.29) is 24.0 Å². The number of carbonyl (C=O) groups excluding carboxylic acids is 2. The molecule has 4 aromatic rings. The number of aliphatic hydroxyl groups is 1. The van der Waals surface area contributed by atoms with E-state index in [1.807, 2.05) is 13.0 Å². The minimum absolute atomic E-state index is 0.0221. The number of carbonyl (C=O) groups is 2. The minimum atomic E-state index is -0.934. The summed E-state index contributed by atoms with van der Waals surface area (Å²) in [6.07, 6.45) is 2.34. The molecule has 7 nitrogen and oxygen atoms in total. The average Bonchev–Trinajstić information content (AvgIpc) is 3.59. The molecule has 0 unspecified atom stereocenters. The van der Waals surface area contributed by atoms with Crippen LogP contribution in [0.15, 0.2) is 78.9 Å². The highest BCUT2D eigenvalue weighted by atomic mass is 35.5. The van der Waals surface area contributed by atoms with Gasteiger partial charge >= 0.3 is 5.91 Å². The Labute approximate surface area is 233 Å². The van der Waals surface area contributed by atoms with E-state index < -0.39 is 17.7 Å². The van der Waals surface area contributed by atoms with Crippen LogP contribution >= 0.6 is 22.9 Å². The van der Waals surface area contributed by atoms with E-state index in [0.717, 1.165) is 16.0 Å². The molecule has 3 aromatic carbocycles. The Morgan fingerprint density at radius 3 is 2.90 bits per heavy atom. The van der Waals surface area contributed by atoms with Crippen LogP contribution in [0, 0.1) is 0 Å². The second kappa shape index (κ2) is 9.87. The molecular weight excluding hydrogens is 536 g/mol. The Kier molecular flexibility index (Phi) is 6.37. The van der Waals surface area contributed by atoms with Crippen LogP contribution in [-0.2, 0) is 16.0 Å². The van der Waals surface area contributed by atoms with Gasteiger partial charge in [-0.2, -0.15) is 0 Å². The maximum absolute atomic E-state index is 13.6. The van der Waals surface area contributed by atoms with Crippen LogP contribution in [-0.4, -0.2) is 34.5 Å². The summed E-state index contributed by atoms with van der Waals surface area (Å²) in [7, 11) is 0. The van der Waals surface area contributed by atoms with Crippen LogP contribution in [0.25, 0.3) is 16.0 Å². The number of halogens is 1. The maximum Gasteiger partial charge on any atom is 0.301 e. The van der Waals surface area contributed by atoms with Crippen molar-refractivity contribution in [3.63, 3.8) is 0 Å². The quantitative estimate of drug-likeness (QED) is 0.126. The van der Waals surface area contributed by atoms with Gasteiger partial charge in [-0.15, -0.1) is 0 Å². The Morgan fingerprint density at radius 2 is 2.08 bits per heavy atom. The number of hydrogen-bond donors (Lipinski definition) is 1. The number of rotatable bonds is 6. The Hall–Kier alpha value is -4.14. The molecule has 39 heavy (non-hydrogen) atoms. The molecule has 0 aliphatic carbocycles. The number of benzene rings is 3. The van der Waals surface area contributed by atoms with Crippen molar-refractivity contribution in [2.24, 2.45) is 0 Å². The molecule has 1 fully saturated rings. The molecule has 6 rings (SSSR count). The highest BCUT2D eigenvalue weighted by Crippen LogP contribution is 2.45. The molecule has 196 valence electrons. The summed E-state index contributed by atoms with van der Waals surface area (Å²) in [4.78, 5) is 33.1. The number of aliphatic hydroxyl groups excluding tert-OH is 1. The smallest absolute Gasteiger partial charge is 0.301 e. The number of ether oxygens (including phenoxy) is 2. The van der Waals surface area contributed by atoms with Crippen LogP contribution in [0.2, 0.25) is 5.02 Å². The van der Waals surface area contributed by atoms with Gasteiger partial charge in [-0.25, -0.2) is 4.98 Å². The first-order valence-electron chi connectivity index (χ1n) is 12.3. The van der Waals surface area contributed by atoms with Crippen molar-refractivity contribution in [3.8, 4) is 11.5 Å². The lowest BCUT2D eigenvalue weighted by Crippen LogP contribution is -2.29. The van der Waals surface area contributed by atoms with E-state index >= 15 is 0 Å². The fourth-order valence-corrected chi connectivity index (χ4v) is 6.26. The lowest BCUT2D eigenvalue weighted by molar-refractivity contribution is -0.132. The monoisotopic (exact) mass is 558 g/mol. The zero-order valence-electron chi connectivity index (χ0n) is 20.9. The predicted molar refractivity (Wildman–Crippen MR) is 152 cm³/mol. The Bertz CT molecular complexity index is 1690. The largest absolute Gasteiger partial charge is 0.507 e. The molecule has 3 heterocycles. The molecule has 2 aliphatic rings. The SMILES string of the molecule is C=CCOc1cccc([C@H]2/C(=C(\O)c3ccc4c(c3)C[C@H](C)O4)C(=O)C(=O)N2c2nc3ccc(Cl)cc3s2)c1. The lowest BCUT2D eigenvalue weighted by atomic mass is 9.94. The van der Waals surface area contributed by atoms with Gasteiger partial charge in [0, 0.05) is 17.0 Å². The van der Waals surface area contributed by atoms with Crippen molar-refractivity contribution in [1.82, 2.24) is 4.98 Å². The zero-order valence-corrected chi connectivity index (χ0v) is 22.5. The van der Waals surface area contributed by atoms with Crippen LogP contribution in [0.4, 0.5) is 5.13 Å². The molecule has 0 spiro atoms.